The second-order valence-corrected chi connectivity index (χ2v) is 5.99. The number of methoxy groups -OCH3 is 1. The van der Waals surface area contributed by atoms with E-state index in [9.17, 15) is 0 Å². The van der Waals surface area contributed by atoms with Crippen molar-refractivity contribution in [3.8, 4) is 0 Å². The fraction of sp³-hybridized carbons (Fsp3) is 0.222. The Labute approximate surface area is 111 Å². The van der Waals surface area contributed by atoms with Gasteiger partial charge in [0.1, 0.15) is 12.4 Å². The Hall–Kier alpha value is 0.290. The van der Waals surface area contributed by atoms with Crippen LogP contribution >= 0.6 is 44.3 Å². The maximum absolute atomic E-state index is 5.14. The van der Waals surface area contributed by atoms with Gasteiger partial charge in [0.25, 0.3) is 0 Å². The molecule has 6 heteroatoms. The molecule has 0 bridgehead atoms. The number of ether oxygens (including phenoxy) is 1. The van der Waals surface area contributed by atoms with Crippen molar-refractivity contribution < 1.29 is 4.74 Å². The average molecular weight is 399 g/mol. The normalized spacial score (nSPS) is 11.9. The first-order valence-corrected chi connectivity index (χ1v) is 9.14. The molecule has 3 nitrogen and oxygen atoms in total. The summed E-state index contributed by atoms with van der Waals surface area (Å²) in [6, 6.07) is 6.15. The van der Waals surface area contributed by atoms with E-state index in [0.717, 1.165) is 21.3 Å². The van der Waals surface area contributed by atoms with Gasteiger partial charge in [0.15, 0.2) is 0 Å². The lowest BCUT2D eigenvalue weighted by Crippen LogP contribution is -1.94. The molecular weight excluding hydrogens is 390 g/mol. The van der Waals surface area contributed by atoms with Gasteiger partial charge in [-0.2, -0.15) is 0 Å². The Morgan fingerprint density at radius 1 is 1.60 bits per heavy atom. The minimum absolute atomic E-state index is 0.558. The highest BCUT2D eigenvalue weighted by molar-refractivity contribution is 14.2. The minimum atomic E-state index is 0.558. The minimum Gasteiger partial charge on any atom is -0.377 e. The number of imidazole rings is 1. The number of nitrogens with zero attached hydrogens (tertiary/aromatic N) is 2. The lowest BCUT2D eigenvalue weighted by molar-refractivity contribution is 0.178. The van der Waals surface area contributed by atoms with E-state index in [-0.39, 0.29) is 0 Å². The van der Waals surface area contributed by atoms with Crippen molar-refractivity contribution in [3.05, 3.63) is 28.5 Å². The summed E-state index contributed by atoms with van der Waals surface area (Å²) in [5.41, 5.74) is 2.18. The number of hydrogen-bond donors (Lipinski definition) is 0. The molecule has 2 rings (SSSR count). The van der Waals surface area contributed by atoms with Crippen LogP contribution in [-0.2, 0) is 11.3 Å². The van der Waals surface area contributed by atoms with Crippen LogP contribution in [-0.4, -0.2) is 16.4 Å². The molecule has 1 atom stereocenters. The van der Waals surface area contributed by atoms with Gasteiger partial charge < -0.3 is 4.74 Å². The van der Waals surface area contributed by atoms with Crippen LogP contribution in [0, 0.1) is 0 Å². The smallest absolute Gasteiger partial charge is 0.139 e. The molecule has 0 saturated heterocycles. The van der Waals surface area contributed by atoms with E-state index in [0.29, 0.717) is 13.0 Å². The van der Waals surface area contributed by atoms with Gasteiger partial charge >= 0.3 is 0 Å². The zero-order chi connectivity index (χ0) is 10.8. The van der Waals surface area contributed by atoms with E-state index in [1.807, 2.05) is 12.1 Å². The van der Waals surface area contributed by atoms with Crippen molar-refractivity contribution in [2.45, 2.75) is 6.61 Å². The highest BCUT2D eigenvalue weighted by Crippen LogP contribution is 2.32. The van der Waals surface area contributed by atoms with E-state index in [1.165, 1.54) is 0 Å². The molecular formula is C9H9BrIN2OP. The van der Waals surface area contributed by atoms with E-state index >= 15 is 0 Å². The lowest BCUT2D eigenvalue weighted by atomic mass is 10.3. The fourth-order valence-corrected chi connectivity index (χ4v) is 3.88. The molecule has 0 aliphatic heterocycles. The predicted molar refractivity (Wildman–Crippen MR) is 75.9 cm³/mol. The van der Waals surface area contributed by atoms with Crippen LogP contribution in [0.15, 0.2) is 22.7 Å². The predicted octanol–water partition coefficient (Wildman–Crippen LogP) is 3.74. The molecule has 1 aromatic heterocycles. The van der Waals surface area contributed by atoms with Crippen LogP contribution in [0.25, 0.3) is 11.0 Å². The first-order valence-electron chi connectivity index (χ1n) is 4.28. The van der Waals surface area contributed by atoms with Crippen LogP contribution in [0.4, 0.5) is 0 Å². The molecule has 0 aliphatic carbocycles. The zero-order valence-corrected chi connectivity index (χ0v) is 12.7. The van der Waals surface area contributed by atoms with Crippen LogP contribution in [0.1, 0.15) is 5.82 Å². The van der Waals surface area contributed by atoms with Crippen LogP contribution in [0.5, 0.6) is 0 Å². The SMILES string of the molecule is COCc1nc2cc(Br)ccc2n1PI. The quantitative estimate of drug-likeness (QED) is 0.581. The van der Waals surface area contributed by atoms with Gasteiger partial charge in [0.05, 0.1) is 11.0 Å². The van der Waals surface area contributed by atoms with Crippen LogP contribution in [0.3, 0.4) is 0 Å². The molecule has 15 heavy (non-hydrogen) atoms. The third-order valence-corrected chi connectivity index (χ3v) is 4.65. The van der Waals surface area contributed by atoms with Gasteiger partial charge in [-0.3, -0.25) is 4.34 Å². The Morgan fingerprint density at radius 3 is 3.07 bits per heavy atom. The largest absolute Gasteiger partial charge is 0.377 e. The van der Waals surface area contributed by atoms with E-state index in [1.54, 1.807) is 7.11 Å². The summed E-state index contributed by atoms with van der Waals surface area (Å²) in [5, 5.41) is 0. The monoisotopic (exact) mass is 398 g/mol. The molecule has 0 spiro atoms. The second kappa shape index (κ2) is 5.08. The first-order chi connectivity index (χ1) is 7.26. The molecule has 0 radical (unpaired) electrons. The Morgan fingerprint density at radius 2 is 2.40 bits per heavy atom. The third kappa shape index (κ3) is 2.35. The molecule has 0 fully saturated rings. The van der Waals surface area contributed by atoms with Crippen molar-refractivity contribution in [2.75, 3.05) is 7.11 Å². The highest BCUT2D eigenvalue weighted by atomic mass is 127. The topological polar surface area (TPSA) is 27.1 Å². The van der Waals surface area contributed by atoms with Gasteiger partial charge in [-0.15, -0.1) is 0 Å². The van der Waals surface area contributed by atoms with Gasteiger partial charge in [0.2, 0.25) is 0 Å². The van der Waals surface area contributed by atoms with Crippen LogP contribution in [0.2, 0.25) is 0 Å². The van der Waals surface area contributed by atoms with E-state index in [2.05, 4.69) is 53.4 Å². The summed E-state index contributed by atoms with van der Waals surface area (Å²) in [4.78, 5) is 4.54. The van der Waals surface area contributed by atoms with Gasteiger partial charge in [-0.25, -0.2) is 4.98 Å². The van der Waals surface area contributed by atoms with E-state index < -0.39 is 0 Å². The Kier molecular flexibility index (Phi) is 3.98. The highest BCUT2D eigenvalue weighted by Gasteiger charge is 2.09. The summed E-state index contributed by atoms with van der Waals surface area (Å²) in [6.07, 6.45) is 0.643. The summed E-state index contributed by atoms with van der Waals surface area (Å²) >= 11 is 5.80. The maximum Gasteiger partial charge on any atom is 0.139 e. The van der Waals surface area contributed by atoms with Crippen molar-refractivity contribution in [1.82, 2.24) is 9.32 Å². The molecule has 0 saturated carbocycles. The molecule has 1 heterocycles. The Bertz CT molecular complexity index is 488. The lowest BCUT2D eigenvalue weighted by Gasteiger charge is -2.02. The summed E-state index contributed by atoms with van der Waals surface area (Å²) in [5.74, 6) is 0.985. The molecule has 0 amide bonds. The fourth-order valence-electron chi connectivity index (χ4n) is 1.42. The molecule has 1 unspecified atom stereocenters. The Balaban J connectivity index is 2.62. The van der Waals surface area contributed by atoms with Gasteiger partial charge in [0, 0.05) is 18.0 Å². The van der Waals surface area contributed by atoms with Gasteiger partial charge in [-0.1, -0.05) is 15.9 Å². The van der Waals surface area contributed by atoms with Crippen molar-refractivity contribution in [1.29, 1.82) is 0 Å². The molecule has 80 valence electrons. The van der Waals surface area contributed by atoms with Crippen molar-refractivity contribution >= 4 is 55.4 Å². The number of rotatable bonds is 3. The van der Waals surface area contributed by atoms with Crippen LogP contribution < -0.4 is 0 Å². The number of benzene rings is 1. The zero-order valence-electron chi connectivity index (χ0n) is 8.00. The van der Waals surface area contributed by atoms with Gasteiger partial charge in [-0.05, 0) is 40.2 Å². The third-order valence-electron chi connectivity index (χ3n) is 2.04. The van der Waals surface area contributed by atoms with Crippen molar-refractivity contribution in [2.24, 2.45) is 0 Å². The van der Waals surface area contributed by atoms with E-state index in [4.69, 9.17) is 4.74 Å². The number of aromatic nitrogens is 2. The summed E-state index contributed by atoms with van der Waals surface area (Å²) in [7, 11) is 1.69. The van der Waals surface area contributed by atoms with Crippen molar-refractivity contribution in [3.63, 3.8) is 0 Å². The standard InChI is InChI=1S/C9H9BrIN2OP/c1-14-5-9-12-7-4-6(10)2-3-8(7)13(9)15-11/h2-4,15H,5H2,1H3. The first kappa shape index (κ1) is 11.8. The summed E-state index contributed by atoms with van der Waals surface area (Å²) < 4.78 is 8.38. The summed E-state index contributed by atoms with van der Waals surface area (Å²) in [6.45, 7) is 0.558. The number of fused-ring (bicyclic) bond motifs is 1. The average Bonchev–Trinajstić information content (AvgIpc) is 2.54. The molecule has 0 aliphatic rings. The molecule has 0 N–H and O–H groups in total. The maximum atomic E-state index is 5.14. The molecule has 2 aromatic rings. The number of halogens is 2. The number of hydrogen-bond acceptors (Lipinski definition) is 2. The second-order valence-electron chi connectivity index (χ2n) is 3.01. The molecule has 1 aromatic carbocycles.